The van der Waals surface area contributed by atoms with E-state index in [0.29, 0.717) is 53.5 Å². The van der Waals surface area contributed by atoms with Crippen LogP contribution >= 0.6 is 0 Å². The largest absolute Gasteiger partial charge is 0.463 e. The summed E-state index contributed by atoms with van der Waals surface area (Å²) >= 11 is 0. The number of benzene rings is 3. The number of ketones is 2. The third kappa shape index (κ3) is 4.83. The molecule has 1 saturated carbocycles. The molecule has 9 nitrogen and oxygen atoms in total. The minimum atomic E-state index is -1.38. The molecule has 0 radical (unpaired) electrons. The molecule has 6 atom stereocenters. The summed E-state index contributed by atoms with van der Waals surface area (Å²) < 4.78 is 11.8. The maximum absolute atomic E-state index is 15.1. The number of aliphatic hydroxyl groups excluding tert-OH is 1. The molecule has 52 heavy (non-hydrogen) atoms. The molecule has 5 aliphatic rings. The molecule has 1 aromatic heterocycles. The van der Waals surface area contributed by atoms with Crippen molar-refractivity contribution in [1.29, 1.82) is 0 Å². The number of ether oxygens (including phenoxy) is 1. The molecular formula is C43H38N2O7. The van der Waals surface area contributed by atoms with Gasteiger partial charge in [-0.05, 0) is 72.4 Å². The molecule has 9 heteroatoms. The van der Waals surface area contributed by atoms with Crippen LogP contribution in [0, 0.1) is 23.7 Å². The molecule has 0 unspecified atom stereocenters. The molecule has 4 aromatic rings. The number of anilines is 2. The number of nitrogens with zero attached hydrogens (tertiary/aromatic N) is 2. The van der Waals surface area contributed by atoms with Gasteiger partial charge in [-0.1, -0.05) is 72.3 Å². The normalized spacial score (nSPS) is 28.6. The lowest BCUT2D eigenvalue weighted by molar-refractivity contribution is -0.135. The number of hydrogen-bond donors (Lipinski definition) is 1. The Hall–Kier alpha value is -5.38. The number of fused-ring (bicyclic) bond motifs is 4. The van der Waals surface area contributed by atoms with Crippen LogP contribution in [0.25, 0.3) is 5.57 Å². The predicted molar refractivity (Wildman–Crippen MR) is 193 cm³/mol. The highest BCUT2D eigenvalue weighted by Gasteiger charge is 2.66. The topological polar surface area (TPSA) is 117 Å². The van der Waals surface area contributed by atoms with Gasteiger partial charge in [0, 0.05) is 30.3 Å². The number of carbonyl (C=O) groups excluding carboxylic acids is 4. The van der Waals surface area contributed by atoms with E-state index in [9.17, 15) is 19.5 Å². The number of amides is 2. The molecule has 1 N–H and O–H groups in total. The first-order valence-corrected chi connectivity index (χ1v) is 18.0. The molecule has 0 bridgehead atoms. The number of aliphatic hydroxyl groups is 1. The number of allylic oxidation sites excluding steroid dienone is 4. The van der Waals surface area contributed by atoms with Crippen LogP contribution in [0.2, 0.25) is 0 Å². The smallest absolute Gasteiger partial charge is 0.238 e. The number of carbonyl (C=O) groups is 4. The summed E-state index contributed by atoms with van der Waals surface area (Å²) in [5.41, 5.74) is 2.65. The first-order chi connectivity index (χ1) is 25.4. The van der Waals surface area contributed by atoms with Crippen molar-refractivity contribution in [3.63, 3.8) is 0 Å². The number of rotatable bonds is 6. The molecular weight excluding hydrogens is 656 g/mol. The SMILES string of the molecule is O=C1C(c2ccccc2)=CC(=O)[C@@]2(c3ccccc3)[C@@H](c3ccc(CO)o3)C3=CC[C@@H]4C(=O)N(c5ccc(N6CCOCC6)cc5)C(=O)[C@@H]4[C@@H]3C[C@@H]12. The summed E-state index contributed by atoms with van der Waals surface area (Å²) in [7, 11) is 0. The zero-order valence-electron chi connectivity index (χ0n) is 28.5. The Balaban J connectivity index is 1.17. The van der Waals surface area contributed by atoms with Crippen LogP contribution in [0.3, 0.4) is 0 Å². The van der Waals surface area contributed by atoms with Gasteiger partial charge in [0.25, 0.3) is 0 Å². The number of Topliss-reactive ketones (excluding diaryl/α,β-unsaturated/α-hetero) is 1. The number of hydrogen-bond acceptors (Lipinski definition) is 8. The van der Waals surface area contributed by atoms with Crippen molar-refractivity contribution in [2.75, 3.05) is 36.1 Å². The average molecular weight is 695 g/mol. The Labute approximate surface area is 301 Å². The summed E-state index contributed by atoms with van der Waals surface area (Å²) in [5.74, 6) is -3.61. The van der Waals surface area contributed by atoms with E-state index in [1.165, 1.54) is 11.0 Å². The fourth-order valence-electron chi connectivity index (χ4n) is 9.71. The summed E-state index contributed by atoms with van der Waals surface area (Å²) in [5, 5.41) is 10.0. The van der Waals surface area contributed by atoms with Gasteiger partial charge in [0.15, 0.2) is 11.6 Å². The summed E-state index contributed by atoms with van der Waals surface area (Å²) in [6.45, 7) is 2.50. The quantitative estimate of drug-likeness (QED) is 0.204. The highest BCUT2D eigenvalue weighted by atomic mass is 16.5. The predicted octanol–water partition coefficient (Wildman–Crippen LogP) is 5.64. The van der Waals surface area contributed by atoms with E-state index in [2.05, 4.69) is 4.90 Å². The van der Waals surface area contributed by atoms with Gasteiger partial charge in [-0.15, -0.1) is 0 Å². The van der Waals surface area contributed by atoms with Gasteiger partial charge in [0.1, 0.15) is 18.1 Å². The van der Waals surface area contributed by atoms with Crippen molar-refractivity contribution < 1.29 is 33.4 Å². The van der Waals surface area contributed by atoms with Gasteiger partial charge >= 0.3 is 0 Å². The van der Waals surface area contributed by atoms with Crippen molar-refractivity contribution in [3.8, 4) is 0 Å². The average Bonchev–Trinajstić information content (AvgIpc) is 3.78. The van der Waals surface area contributed by atoms with E-state index in [-0.39, 0.29) is 36.4 Å². The lowest BCUT2D eigenvalue weighted by Crippen LogP contribution is -2.58. The van der Waals surface area contributed by atoms with Gasteiger partial charge in [0.2, 0.25) is 11.8 Å². The minimum absolute atomic E-state index is 0.179. The van der Waals surface area contributed by atoms with Crippen molar-refractivity contribution in [2.24, 2.45) is 23.7 Å². The second kappa shape index (κ2) is 12.7. The van der Waals surface area contributed by atoms with Crippen LogP contribution in [0.1, 0.15) is 41.4 Å². The summed E-state index contributed by atoms with van der Waals surface area (Å²) in [6.07, 6.45) is 4.03. The van der Waals surface area contributed by atoms with E-state index < -0.39 is 35.0 Å². The Kier molecular flexibility index (Phi) is 7.93. The molecule has 2 amide bonds. The van der Waals surface area contributed by atoms with Crippen molar-refractivity contribution in [3.05, 3.63) is 137 Å². The first kappa shape index (κ1) is 32.5. The monoisotopic (exact) mass is 694 g/mol. The highest BCUT2D eigenvalue weighted by Crippen LogP contribution is 2.63. The number of morpholine rings is 1. The molecule has 3 aliphatic carbocycles. The zero-order chi connectivity index (χ0) is 35.6. The van der Waals surface area contributed by atoms with Crippen LogP contribution < -0.4 is 9.80 Å². The minimum Gasteiger partial charge on any atom is -0.463 e. The van der Waals surface area contributed by atoms with Crippen LogP contribution in [0.4, 0.5) is 11.4 Å². The first-order valence-electron chi connectivity index (χ1n) is 18.0. The Bertz CT molecular complexity index is 2130. The van der Waals surface area contributed by atoms with Crippen molar-refractivity contribution in [1.82, 2.24) is 0 Å². The van der Waals surface area contributed by atoms with Crippen LogP contribution in [-0.4, -0.2) is 54.8 Å². The Morgan fingerprint density at radius 1 is 0.769 bits per heavy atom. The Morgan fingerprint density at radius 3 is 2.15 bits per heavy atom. The maximum Gasteiger partial charge on any atom is 0.238 e. The van der Waals surface area contributed by atoms with Crippen molar-refractivity contribution >= 4 is 40.3 Å². The van der Waals surface area contributed by atoms with E-state index in [0.717, 1.165) is 24.4 Å². The molecule has 3 fully saturated rings. The molecule has 3 aromatic carbocycles. The van der Waals surface area contributed by atoms with Crippen LogP contribution in [-0.2, 0) is 35.9 Å². The molecule has 3 heterocycles. The van der Waals surface area contributed by atoms with Crippen LogP contribution in [0.5, 0.6) is 0 Å². The van der Waals surface area contributed by atoms with E-state index in [1.807, 2.05) is 91.0 Å². The number of furan rings is 1. The van der Waals surface area contributed by atoms with Crippen molar-refractivity contribution in [2.45, 2.75) is 30.8 Å². The molecule has 2 saturated heterocycles. The summed E-state index contributed by atoms with van der Waals surface area (Å²) in [6, 6.07) is 29.6. The number of imide groups is 1. The fraction of sp³-hybridized carbons (Fsp3) is 0.302. The lowest BCUT2D eigenvalue weighted by atomic mass is 9.45. The molecule has 2 aliphatic heterocycles. The van der Waals surface area contributed by atoms with E-state index >= 15 is 4.79 Å². The summed E-state index contributed by atoms with van der Waals surface area (Å²) in [4.78, 5) is 62.4. The van der Waals surface area contributed by atoms with Gasteiger partial charge in [-0.3, -0.25) is 24.1 Å². The zero-order valence-corrected chi connectivity index (χ0v) is 28.5. The van der Waals surface area contributed by atoms with Crippen LogP contribution in [0.15, 0.2) is 119 Å². The van der Waals surface area contributed by atoms with E-state index in [1.54, 1.807) is 12.1 Å². The third-order valence-electron chi connectivity index (χ3n) is 12.0. The fourth-order valence-corrected chi connectivity index (χ4v) is 9.71. The van der Waals surface area contributed by atoms with Gasteiger partial charge < -0.3 is 19.2 Å². The van der Waals surface area contributed by atoms with Gasteiger partial charge in [-0.2, -0.15) is 0 Å². The lowest BCUT2D eigenvalue weighted by Gasteiger charge is -2.54. The van der Waals surface area contributed by atoms with Gasteiger partial charge in [0.05, 0.1) is 42.1 Å². The van der Waals surface area contributed by atoms with Gasteiger partial charge in [-0.25, -0.2) is 0 Å². The standard InChI is InChI=1S/C43H38N2O7/c46-25-30-15-18-36(52-30)39-31-16-17-32-38(42(50)45(41(32)49)29-13-11-28(12-14-29)44-19-21-51-22-20-44)34(31)23-35-40(48)33(26-7-3-1-4-8-26)24-37(47)43(35,39)27-9-5-2-6-10-27/h1-16,18,24,32,34-35,38-39,46H,17,19-23,25H2/t32-,34+,35-,38-,39+,43-/m0/s1. The highest BCUT2D eigenvalue weighted by molar-refractivity contribution is 6.32. The second-order valence-electron chi connectivity index (χ2n) is 14.4. The molecule has 0 spiro atoms. The molecule has 262 valence electrons. The maximum atomic E-state index is 15.1. The second-order valence-corrected chi connectivity index (χ2v) is 14.4. The van der Waals surface area contributed by atoms with E-state index in [4.69, 9.17) is 9.15 Å². The Morgan fingerprint density at radius 2 is 1.46 bits per heavy atom. The molecule has 9 rings (SSSR count). The third-order valence-corrected chi connectivity index (χ3v) is 12.0.